The summed E-state index contributed by atoms with van der Waals surface area (Å²) in [5, 5.41) is 16.5. The average molecular weight is 534 g/mol. The molecule has 0 amide bonds. The molecular weight excluding hydrogens is 494 g/mol. The van der Waals surface area contributed by atoms with Crippen LogP contribution in [-0.4, -0.2) is 47.7 Å². The molecule has 3 aromatic rings. The topological polar surface area (TPSA) is 67.8 Å². The van der Waals surface area contributed by atoms with Gasteiger partial charge in [0.2, 0.25) is 0 Å². The first-order valence-corrected chi connectivity index (χ1v) is 14.3. The van der Waals surface area contributed by atoms with E-state index in [1.165, 1.54) is 16.3 Å². The molecule has 38 heavy (non-hydrogen) atoms. The van der Waals surface area contributed by atoms with Crippen LogP contribution < -0.4 is 5.32 Å². The highest BCUT2D eigenvalue weighted by atomic mass is 32.2. The predicted molar refractivity (Wildman–Crippen MR) is 157 cm³/mol. The Morgan fingerprint density at radius 3 is 2.63 bits per heavy atom. The molecule has 3 atom stereocenters. The van der Waals surface area contributed by atoms with E-state index in [9.17, 15) is 9.90 Å². The maximum atomic E-state index is 12.2. The highest BCUT2D eigenvalue weighted by Crippen LogP contribution is 2.42. The van der Waals surface area contributed by atoms with Gasteiger partial charge in [0.15, 0.2) is 0 Å². The average Bonchev–Trinajstić information content (AvgIpc) is 3.41. The molecule has 0 fully saturated rings. The van der Waals surface area contributed by atoms with Crippen molar-refractivity contribution in [2.75, 3.05) is 19.8 Å². The van der Waals surface area contributed by atoms with Crippen LogP contribution in [0.5, 0.6) is 0 Å². The zero-order chi connectivity index (χ0) is 27.1. The highest BCUT2D eigenvalue weighted by Gasteiger charge is 2.28. The molecule has 2 unspecified atom stereocenters. The molecule has 2 N–H and O–H groups in total. The molecule has 0 spiro atoms. The summed E-state index contributed by atoms with van der Waals surface area (Å²) in [6.07, 6.45) is 2.80. The second-order valence-corrected chi connectivity index (χ2v) is 11.7. The number of hydrogen-bond acceptors (Lipinski definition) is 6. The minimum atomic E-state index is -0.631. The molecule has 1 aliphatic rings. The van der Waals surface area contributed by atoms with Crippen molar-refractivity contribution in [2.24, 2.45) is 0 Å². The Kier molecular flexibility index (Phi) is 9.66. The summed E-state index contributed by atoms with van der Waals surface area (Å²) in [6.45, 7) is 9.21. The first-order chi connectivity index (χ1) is 18.3. The largest absolute Gasteiger partial charge is 0.465 e. The summed E-state index contributed by atoms with van der Waals surface area (Å²) in [7, 11) is 0. The number of aliphatic hydroxyl groups is 1. The number of thioether (sulfide) groups is 1. The Hall–Kier alpha value is -2.64. The van der Waals surface area contributed by atoms with Crippen molar-refractivity contribution in [1.82, 2.24) is 5.32 Å². The number of carbonyl (C=O) groups excluding carboxylic acids is 1. The van der Waals surface area contributed by atoms with Crippen LogP contribution in [0, 0.1) is 0 Å². The Morgan fingerprint density at radius 1 is 1.11 bits per heavy atom. The van der Waals surface area contributed by atoms with Crippen LogP contribution in [-0.2, 0) is 20.7 Å². The lowest BCUT2D eigenvalue weighted by atomic mass is 9.93. The smallest absolute Gasteiger partial charge is 0.319 e. The molecular formula is C32H39NO4S. The number of ether oxygens (including phenoxy) is 2. The van der Waals surface area contributed by atoms with Crippen LogP contribution in [0.15, 0.2) is 72.8 Å². The van der Waals surface area contributed by atoms with Crippen molar-refractivity contribution in [3.8, 4) is 0 Å². The van der Waals surface area contributed by atoms with Gasteiger partial charge in [-0.05, 0) is 68.0 Å². The van der Waals surface area contributed by atoms with Crippen molar-refractivity contribution in [2.45, 2.75) is 63.5 Å². The number of nitrogens with one attached hydrogen (secondary N) is 1. The first kappa shape index (κ1) is 28.4. The minimum Gasteiger partial charge on any atom is -0.465 e. The molecule has 0 aromatic heterocycles. The van der Waals surface area contributed by atoms with Crippen LogP contribution >= 0.6 is 11.8 Å². The highest BCUT2D eigenvalue weighted by molar-refractivity contribution is 8.09. The number of β-amino-alcohol motifs (C(OH)–C–C–N with tert-alkyl or cyclic N) is 1. The predicted octanol–water partition coefficient (Wildman–Crippen LogP) is 6.30. The summed E-state index contributed by atoms with van der Waals surface area (Å²) in [5.74, 6) is -0.162. The number of aliphatic hydroxyl groups excluding tert-OH is 1. The number of hydrogen-bond donors (Lipinski definition) is 2. The van der Waals surface area contributed by atoms with Crippen LogP contribution in [0.2, 0.25) is 0 Å². The fraction of sp³-hybridized carbons (Fsp3) is 0.406. The maximum Gasteiger partial charge on any atom is 0.319 e. The van der Waals surface area contributed by atoms with Gasteiger partial charge in [0.25, 0.3) is 0 Å². The van der Waals surface area contributed by atoms with E-state index in [1.54, 1.807) is 11.8 Å². The van der Waals surface area contributed by atoms with Gasteiger partial charge < -0.3 is 19.9 Å². The number of carbonyl (C=O) groups is 1. The van der Waals surface area contributed by atoms with E-state index in [0.29, 0.717) is 19.6 Å². The number of allylic oxidation sites excluding steroid dienone is 1. The molecule has 0 saturated heterocycles. The quantitative estimate of drug-likeness (QED) is 0.266. The molecule has 5 nitrogen and oxygen atoms in total. The Bertz CT molecular complexity index is 1270. The molecule has 202 valence electrons. The Morgan fingerprint density at radius 2 is 1.84 bits per heavy atom. The van der Waals surface area contributed by atoms with Crippen molar-refractivity contribution < 1.29 is 19.4 Å². The van der Waals surface area contributed by atoms with Crippen molar-refractivity contribution in [3.63, 3.8) is 0 Å². The van der Waals surface area contributed by atoms with E-state index in [0.717, 1.165) is 22.5 Å². The van der Waals surface area contributed by atoms with Gasteiger partial charge in [0.1, 0.15) is 5.25 Å². The standard InChI is InChI=1S/C32H39NO4S/c1-5-36-31(35)30-17-16-29(38-30)28-13-9-8-12-27(28)22(2)37-21-26(34)20-33-32(3,4)19-23-14-15-24-10-6-7-11-25(24)18-23/h6-16,18,22,26,30,33-34H,5,17,19-21H2,1-4H3/t22?,26-,30?/m1/s1. The number of benzene rings is 3. The number of rotatable bonds is 12. The minimum absolute atomic E-state index is 0.162. The van der Waals surface area contributed by atoms with E-state index in [1.807, 2.05) is 26.0 Å². The number of fused-ring (bicyclic) bond motifs is 1. The summed E-state index contributed by atoms with van der Waals surface area (Å²) in [4.78, 5) is 13.2. The van der Waals surface area contributed by atoms with Crippen LogP contribution in [0.25, 0.3) is 15.7 Å². The van der Waals surface area contributed by atoms with Gasteiger partial charge in [-0.3, -0.25) is 4.79 Å². The van der Waals surface area contributed by atoms with Gasteiger partial charge >= 0.3 is 5.97 Å². The lowest BCUT2D eigenvalue weighted by Gasteiger charge is -2.28. The van der Waals surface area contributed by atoms with Crippen molar-refractivity contribution in [3.05, 3.63) is 89.5 Å². The Balaban J connectivity index is 1.28. The van der Waals surface area contributed by atoms with E-state index < -0.39 is 6.10 Å². The summed E-state index contributed by atoms with van der Waals surface area (Å²) in [5.41, 5.74) is 3.21. The SMILES string of the molecule is CCOC(=O)C1CC=C(c2ccccc2C(C)OC[C@H](O)CNC(C)(C)Cc2ccc3ccccc3c2)S1. The first-order valence-electron chi connectivity index (χ1n) is 13.4. The monoisotopic (exact) mass is 533 g/mol. The third-order valence-electron chi connectivity index (χ3n) is 6.82. The lowest BCUT2D eigenvalue weighted by molar-refractivity contribution is -0.142. The third kappa shape index (κ3) is 7.48. The molecule has 3 aromatic carbocycles. The van der Waals surface area contributed by atoms with E-state index >= 15 is 0 Å². The van der Waals surface area contributed by atoms with Crippen molar-refractivity contribution >= 4 is 33.4 Å². The van der Waals surface area contributed by atoms with Crippen LogP contribution in [0.1, 0.15) is 56.9 Å². The van der Waals surface area contributed by atoms with E-state index in [4.69, 9.17) is 9.47 Å². The van der Waals surface area contributed by atoms with Crippen LogP contribution in [0.3, 0.4) is 0 Å². The normalized spacial score (nSPS) is 17.3. The molecule has 0 saturated carbocycles. The van der Waals surface area contributed by atoms with Gasteiger partial charge in [-0.2, -0.15) is 0 Å². The fourth-order valence-corrected chi connectivity index (χ4v) is 5.98. The number of esters is 1. The maximum absolute atomic E-state index is 12.2. The summed E-state index contributed by atoms with van der Waals surface area (Å²) in [6, 6.07) is 23.1. The second-order valence-electron chi connectivity index (χ2n) is 10.5. The summed E-state index contributed by atoms with van der Waals surface area (Å²) < 4.78 is 11.3. The molecule has 1 heterocycles. The summed E-state index contributed by atoms with van der Waals surface area (Å²) >= 11 is 1.55. The molecule has 0 aliphatic carbocycles. The van der Waals surface area contributed by atoms with E-state index in [-0.39, 0.29) is 29.5 Å². The zero-order valence-electron chi connectivity index (χ0n) is 22.8. The third-order valence-corrected chi connectivity index (χ3v) is 8.12. The molecule has 0 radical (unpaired) electrons. The fourth-order valence-electron chi connectivity index (χ4n) is 4.81. The molecule has 0 bridgehead atoms. The van der Waals surface area contributed by atoms with E-state index in [2.05, 4.69) is 79.8 Å². The van der Waals surface area contributed by atoms with Gasteiger partial charge in [-0.1, -0.05) is 72.8 Å². The van der Waals surface area contributed by atoms with Crippen LogP contribution in [0.4, 0.5) is 0 Å². The molecule has 4 rings (SSSR count). The van der Waals surface area contributed by atoms with Gasteiger partial charge in [-0.15, -0.1) is 11.8 Å². The lowest BCUT2D eigenvalue weighted by Crippen LogP contribution is -2.46. The van der Waals surface area contributed by atoms with Gasteiger partial charge in [0.05, 0.1) is 25.4 Å². The van der Waals surface area contributed by atoms with Crippen molar-refractivity contribution in [1.29, 1.82) is 0 Å². The second kappa shape index (κ2) is 12.9. The molecule has 6 heteroatoms. The van der Waals surface area contributed by atoms with Gasteiger partial charge in [0, 0.05) is 17.0 Å². The van der Waals surface area contributed by atoms with Gasteiger partial charge in [-0.25, -0.2) is 0 Å². The molecule has 1 aliphatic heterocycles. The zero-order valence-corrected chi connectivity index (χ0v) is 23.6. The Labute approximate surface area is 230 Å².